The number of sulfonamides is 1. The first-order valence-electron chi connectivity index (χ1n) is 6.94. The molecule has 0 aliphatic heterocycles. The minimum absolute atomic E-state index is 0.353. The van der Waals surface area contributed by atoms with Crippen LogP contribution in [0, 0.1) is 11.8 Å². The maximum Gasteiger partial charge on any atom is 0.407 e. The Morgan fingerprint density at radius 3 is 2.65 bits per heavy atom. The van der Waals surface area contributed by atoms with Crippen LogP contribution in [0.25, 0.3) is 0 Å². The van der Waals surface area contributed by atoms with Crippen molar-refractivity contribution < 1.29 is 17.9 Å². The van der Waals surface area contributed by atoms with Gasteiger partial charge in [-0.15, -0.1) is 0 Å². The fraction of sp³-hybridized carbons (Fsp3) is 0.467. The third kappa shape index (κ3) is 9.37. The molecule has 2 N–H and O–H groups in total. The first-order valence-corrected chi connectivity index (χ1v) is 8.83. The molecule has 0 aromatic carbocycles. The summed E-state index contributed by atoms with van der Waals surface area (Å²) in [5.41, 5.74) is 0.399. The topological polar surface area (TPSA) is 97.4 Å². The summed E-state index contributed by atoms with van der Waals surface area (Å²) in [6, 6.07) is 1.59. The average Bonchev–Trinajstić information content (AvgIpc) is 2.34. The van der Waals surface area contributed by atoms with Crippen molar-refractivity contribution in [3.63, 3.8) is 0 Å². The number of alkyl carbamates (subject to hydrolysis) is 1. The maximum absolute atomic E-state index is 11.4. The maximum atomic E-state index is 11.4. The number of nitrogens with one attached hydrogen (secondary N) is 2. The van der Waals surface area contributed by atoms with Crippen LogP contribution >= 0.6 is 0 Å². The van der Waals surface area contributed by atoms with Crippen LogP contribution in [0.5, 0.6) is 0 Å². The van der Waals surface area contributed by atoms with Gasteiger partial charge in [0.25, 0.3) is 0 Å². The van der Waals surface area contributed by atoms with E-state index in [1.165, 1.54) is 12.4 Å². The second-order valence-electron chi connectivity index (χ2n) is 5.82. The summed E-state index contributed by atoms with van der Waals surface area (Å²) in [6.07, 6.45) is 3.94. The van der Waals surface area contributed by atoms with Crippen molar-refractivity contribution in [3.8, 4) is 11.8 Å². The Balaban J connectivity index is 2.48. The normalized spacial score (nSPS) is 11.1. The molecule has 0 atom stereocenters. The number of hydrogen-bond acceptors (Lipinski definition) is 5. The standard InChI is InChI=1S/C15H21N3O4S/c1-15(2,3)22-14(19)17-8-6-5-7-12-9-13(11-16-10-12)18-23(4,20)21/h9-11,18H,6,8H2,1-4H3,(H,17,19). The van der Waals surface area contributed by atoms with Gasteiger partial charge in [0.2, 0.25) is 10.0 Å². The molecule has 1 aromatic heterocycles. The van der Waals surface area contributed by atoms with Gasteiger partial charge in [0.15, 0.2) is 0 Å². The zero-order chi connectivity index (χ0) is 17.5. The van der Waals surface area contributed by atoms with E-state index < -0.39 is 21.7 Å². The van der Waals surface area contributed by atoms with Crippen molar-refractivity contribution >= 4 is 21.8 Å². The molecule has 7 nitrogen and oxygen atoms in total. The van der Waals surface area contributed by atoms with Crippen LogP contribution < -0.4 is 10.0 Å². The SMILES string of the molecule is CC(C)(C)OC(=O)NCCC#Cc1cncc(NS(C)(=O)=O)c1. The van der Waals surface area contributed by atoms with E-state index in [0.717, 1.165) is 6.26 Å². The lowest BCUT2D eigenvalue weighted by molar-refractivity contribution is 0.0529. The van der Waals surface area contributed by atoms with E-state index in [9.17, 15) is 13.2 Å². The highest BCUT2D eigenvalue weighted by Gasteiger charge is 2.15. The van der Waals surface area contributed by atoms with Gasteiger partial charge in [-0.3, -0.25) is 9.71 Å². The molecular weight excluding hydrogens is 318 g/mol. The van der Waals surface area contributed by atoms with Crippen molar-refractivity contribution in [2.45, 2.75) is 32.8 Å². The van der Waals surface area contributed by atoms with Gasteiger partial charge in [-0.05, 0) is 26.8 Å². The quantitative estimate of drug-likeness (QED) is 0.643. The minimum Gasteiger partial charge on any atom is -0.444 e. The van der Waals surface area contributed by atoms with E-state index in [-0.39, 0.29) is 0 Å². The highest BCUT2D eigenvalue weighted by atomic mass is 32.2. The van der Waals surface area contributed by atoms with Crippen molar-refractivity contribution in [1.29, 1.82) is 0 Å². The number of aromatic nitrogens is 1. The lowest BCUT2D eigenvalue weighted by Gasteiger charge is -2.19. The van der Waals surface area contributed by atoms with E-state index in [2.05, 4.69) is 26.9 Å². The number of pyridine rings is 1. The number of ether oxygens (including phenoxy) is 1. The molecule has 0 saturated heterocycles. The molecule has 1 aromatic rings. The van der Waals surface area contributed by atoms with Crippen LogP contribution in [0.15, 0.2) is 18.5 Å². The number of nitrogens with zero attached hydrogens (tertiary/aromatic N) is 1. The Hall–Kier alpha value is -2.27. The fourth-order valence-corrected chi connectivity index (χ4v) is 2.02. The van der Waals surface area contributed by atoms with Crippen molar-refractivity contribution in [3.05, 3.63) is 24.0 Å². The van der Waals surface area contributed by atoms with Crippen molar-refractivity contribution in [2.75, 3.05) is 17.5 Å². The molecular formula is C15H21N3O4S. The molecule has 0 radical (unpaired) electrons. The number of hydrogen-bond donors (Lipinski definition) is 2. The Kier molecular flexibility index (Phi) is 6.39. The van der Waals surface area contributed by atoms with Crippen LogP contribution in [0.2, 0.25) is 0 Å². The molecule has 1 heterocycles. The molecule has 0 fully saturated rings. The molecule has 1 amide bonds. The first-order chi connectivity index (χ1) is 10.6. The Labute approximate surface area is 136 Å². The second kappa shape index (κ2) is 7.83. The molecule has 8 heteroatoms. The van der Waals surface area contributed by atoms with Gasteiger partial charge in [-0.1, -0.05) is 11.8 Å². The summed E-state index contributed by atoms with van der Waals surface area (Å²) in [5, 5.41) is 2.60. The highest BCUT2D eigenvalue weighted by molar-refractivity contribution is 7.92. The van der Waals surface area contributed by atoms with E-state index in [4.69, 9.17) is 4.74 Å². The summed E-state index contributed by atoms with van der Waals surface area (Å²) >= 11 is 0. The molecule has 0 unspecified atom stereocenters. The van der Waals surface area contributed by atoms with Gasteiger partial charge in [-0.2, -0.15) is 0 Å². The minimum atomic E-state index is -3.35. The van der Waals surface area contributed by atoms with Gasteiger partial charge in [0, 0.05) is 24.7 Å². The van der Waals surface area contributed by atoms with Crippen molar-refractivity contribution in [1.82, 2.24) is 10.3 Å². The van der Waals surface area contributed by atoms with Crippen LogP contribution in [0.1, 0.15) is 32.8 Å². The number of anilines is 1. The fourth-order valence-electron chi connectivity index (χ4n) is 1.48. The van der Waals surface area contributed by atoms with Gasteiger partial charge >= 0.3 is 6.09 Å². The summed E-state index contributed by atoms with van der Waals surface area (Å²) in [6.45, 7) is 5.72. The summed E-state index contributed by atoms with van der Waals surface area (Å²) < 4.78 is 29.7. The predicted octanol–water partition coefficient (Wildman–Crippen LogP) is 1.72. The van der Waals surface area contributed by atoms with E-state index in [1.54, 1.807) is 26.8 Å². The molecule has 0 aliphatic rings. The van der Waals surface area contributed by atoms with Gasteiger partial charge in [-0.25, -0.2) is 13.2 Å². The van der Waals surface area contributed by atoms with E-state index >= 15 is 0 Å². The number of rotatable bonds is 4. The lowest BCUT2D eigenvalue weighted by atomic mass is 10.2. The third-order valence-electron chi connectivity index (χ3n) is 2.19. The molecule has 0 aliphatic carbocycles. The number of amides is 1. The van der Waals surface area contributed by atoms with Crippen LogP contribution in [0.3, 0.4) is 0 Å². The predicted molar refractivity (Wildman–Crippen MR) is 88.4 cm³/mol. The first kappa shape index (κ1) is 18.8. The molecule has 0 bridgehead atoms. The highest BCUT2D eigenvalue weighted by Crippen LogP contribution is 2.09. The largest absolute Gasteiger partial charge is 0.444 e. The summed E-state index contributed by atoms with van der Waals surface area (Å²) in [7, 11) is -3.35. The molecule has 126 valence electrons. The summed E-state index contributed by atoms with van der Waals surface area (Å²) in [5.74, 6) is 5.73. The van der Waals surface area contributed by atoms with E-state index in [1.807, 2.05) is 0 Å². The smallest absolute Gasteiger partial charge is 0.407 e. The van der Waals surface area contributed by atoms with E-state index in [0.29, 0.717) is 24.2 Å². The lowest BCUT2D eigenvalue weighted by Crippen LogP contribution is -2.32. The third-order valence-corrected chi connectivity index (χ3v) is 2.80. The number of carbonyl (C=O) groups excluding carboxylic acids is 1. The zero-order valence-electron chi connectivity index (χ0n) is 13.6. The van der Waals surface area contributed by atoms with Crippen LogP contribution in [0.4, 0.5) is 10.5 Å². The molecule has 1 rings (SSSR count). The molecule has 0 saturated carbocycles. The average molecular weight is 339 g/mol. The van der Waals surface area contributed by atoms with Gasteiger partial charge in [0.1, 0.15) is 5.60 Å². The monoisotopic (exact) mass is 339 g/mol. The number of carbonyl (C=O) groups is 1. The molecule has 23 heavy (non-hydrogen) atoms. The van der Waals surface area contributed by atoms with Crippen LogP contribution in [-0.2, 0) is 14.8 Å². The Morgan fingerprint density at radius 1 is 1.35 bits per heavy atom. The van der Waals surface area contributed by atoms with Crippen molar-refractivity contribution in [2.24, 2.45) is 0 Å². The Morgan fingerprint density at radius 2 is 2.04 bits per heavy atom. The Bertz CT molecular complexity index is 712. The second-order valence-corrected chi connectivity index (χ2v) is 7.57. The zero-order valence-corrected chi connectivity index (χ0v) is 14.5. The van der Waals surface area contributed by atoms with Gasteiger partial charge < -0.3 is 10.1 Å². The van der Waals surface area contributed by atoms with Gasteiger partial charge in [0.05, 0.1) is 18.1 Å². The van der Waals surface area contributed by atoms with Crippen LogP contribution in [-0.4, -0.2) is 37.9 Å². The molecule has 0 spiro atoms. The summed E-state index contributed by atoms with van der Waals surface area (Å²) in [4.78, 5) is 15.3.